The van der Waals surface area contributed by atoms with Crippen LogP contribution in [0, 0.1) is 6.92 Å². The number of aryl methyl sites for hydroxylation is 1. The topological polar surface area (TPSA) is 78.5 Å². The van der Waals surface area contributed by atoms with E-state index in [1.165, 1.54) is 0 Å². The van der Waals surface area contributed by atoms with Crippen molar-refractivity contribution in [3.05, 3.63) is 28.3 Å². The van der Waals surface area contributed by atoms with Gasteiger partial charge in [0, 0.05) is 6.54 Å². The Kier molecular flexibility index (Phi) is 4.56. The third kappa shape index (κ3) is 2.86. The molecule has 0 spiro atoms. The van der Waals surface area contributed by atoms with E-state index in [0.29, 0.717) is 22.8 Å². The monoisotopic (exact) mass is 244 g/mol. The molecule has 0 fully saturated rings. The minimum Gasteiger partial charge on any atom is -0.397 e. The summed E-state index contributed by atoms with van der Waals surface area (Å²) in [6.45, 7) is 2.12. The molecule has 0 aliphatic heterocycles. The zero-order chi connectivity index (χ0) is 12.3. The zero-order valence-electron chi connectivity index (χ0n) is 9.37. The van der Waals surface area contributed by atoms with Crippen molar-refractivity contribution in [1.29, 1.82) is 0 Å². The fourth-order valence-electron chi connectivity index (χ4n) is 1.50. The maximum atomic E-state index is 9.87. The summed E-state index contributed by atoms with van der Waals surface area (Å²) in [7, 11) is 1.71. The maximum Gasteiger partial charge on any atom is 0.106 e. The molecule has 0 aliphatic rings. The third-order valence-electron chi connectivity index (χ3n) is 2.48. The Hall–Kier alpha value is -0.810. The van der Waals surface area contributed by atoms with Gasteiger partial charge in [0.1, 0.15) is 6.10 Å². The van der Waals surface area contributed by atoms with Gasteiger partial charge < -0.3 is 21.3 Å². The van der Waals surface area contributed by atoms with Gasteiger partial charge in [0.15, 0.2) is 0 Å². The van der Waals surface area contributed by atoms with Gasteiger partial charge in [-0.25, -0.2) is 0 Å². The van der Waals surface area contributed by atoms with E-state index in [1.807, 2.05) is 6.92 Å². The van der Waals surface area contributed by atoms with Gasteiger partial charge in [-0.1, -0.05) is 17.7 Å². The summed E-state index contributed by atoms with van der Waals surface area (Å²) in [5.41, 5.74) is 7.56. The Morgan fingerprint density at radius 2 is 2.06 bits per heavy atom. The van der Waals surface area contributed by atoms with Crippen LogP contribution in [0.5, 0.6) is 0 Å². The van der Waals surface area contributed by atoms with Crippen LogP contribution in [-0.2, 0) is 0 Å². The number of hydrogen-bond acceptors (Lipinski definition) is 4. The Morgan fingerprint density at radius 3 is 2.56 bits per heavy atom. The quantitative estimate of drug-likeness (QED) is 0.592. The Balaban J connectivity index is 2.96. The number of nitrogen functional groups attached to an aromatic ring is 1. The Bertz CT molecular complexity index is 348. The average molecular weight is 245 g/mol. The first-order valence-electron chi connectivity index (χ1n) is 5.03. The highest BCUT2D eigenvalue weighted by atomic mass is 35.5. The maximum absolute atomic E-state index is 9.87. The van der Waals surface area contributed by atoms with Crippen LogP contribution in [0.4, 0.5) is 5.69 Å². The molecule has 0 radical (unpaired) electrons. The molecule has 4 nitrogen and oxygen atoms in total. The lowest BCUT2D eigenvalue weighted by Crippen LogP contribution is -2.29. The molecule has 1 aromatic carbocycles. The molecule has 0 saturated heterocycles. The molecule has 16 heavy (non-hydrogen) atoms. The molecule has 90 valence electrons. The van der Waals surface area contributed by atoms with Crippen LogP contribution in [0.1, 0.15) is 17.2 Å². The normalized spacial score (nSPS) is 14.8. The molecule has 5 heteroatoms. The minimum absolute atomic E-state index is 0.308. The molecule has 0 saturated carbocycles. The van der Waals surface area contributed by atoms with Crippen molar-refractivity contribution >= 4 is 17.3 Å². The fourth-order valence-corrected chi connectivity index (χ4v) is 1.77. The van der Waals surface area contributed by atoms with Crippen LogP contribution >= 0.6 is 11.6 Å². The SMILES string of the molecule is CNCC(O)C(O)c1cc(C)c(N)c(Cl)c1. The lowest BCUT2D eigenvalue weighted by Gasteiger charge is -2.19. The van der Waals surface area contributed by atoms with Crippen LogP contribution in [-0.4, -0.2) is 29.9 Å². The van der Waals surface area contributed by atoms with Crippen molar-refractivity contribution in [2.75, 3.05) is 19.3 Å². The highest BCUT2D eigenvalue weighted by Crippen LogP contribution is 2.28. The molecule has 1 aromatic rings. The highest BCUT2D eigenvalue weighted by molar-refractivity contribution is 6.33. The number of rotatable bonds is 4. The second-order valence-corrected chi connectivity index (χ2v) is 4.21. The van der Waals surface area contributed by atoms with E-state index in [2.05, 4.69) is 5.32 Å². The fraction of sp³-hybridized carbons (Fsp3) is 0.455. The summed E-state index contributed by atoms with van der Waals surface area (Å²) in [5.74, 6) is 0. The molecule has 0 aromatic heterocycles. The third-order valence-corrected chi connectivity index (χ3v) is 2.79. The number of halogens is 1. The van der Waals surface area contributed by atoms with E-state index in [-0.39, 0.29) is 0 Å². The largest absolute Gasteiger partial charge is 0.397 e. The molecular weight excluding hydrogens is 228 g/mol. The first kappa shape index (κ1) is 13.3. The number of likely N-dealkylation sites (N-methyl/N-ethyl adjacent to an activating group) is 1. The van der Waals surface area contributed by atoms with Gasteiger partial charge in [-0.2, -0.15) is 0 Å². The number of aliphatic hydroxyl groups excluding tert-OH is 2. The first-order chi connectivity index (χ1) is 7.47. The smallest absolute Gasteiger partial charge is 0.106 e. The number of hydrogen-bond donors (Lipinski definition) is 4. The molecule has 0 heterocycles. The molecule has 5 N–H and O–H groups in total. The summed E-state index contributed by atoms with van der Waals surface area (Å²) in [4.78, 5) is 0. The summed E-state index contributed by atoms with van der Waals surface area (Å²) in [6.07, 6.45) is -1.84. The van der Waals surface area contributed by atoms with E-state index in [1.54, 1.807) is 19.2 Å². The predicted molar refractivity (Wildman–Crippen MR) is 65.5 cm³/mol. The number of aliphatic hydroxyl groups is 2. The Labute approximate surface area is 100 Å². The van der Waals surface area contributed by atoms with Gasteiger partial charge in [0.05, 0.1) is 16.8 Å². The van der Waals surface area contributed by atoms with Crippen LogP contribution in [0.15, 0.2) is 12.1 Å². The van der Waals surface area contributed by atoms with Gasteiger partial charge >= 0.3 is 0 Å². The van der Waals surface area contributed by atoms with Crippen LogP contribution in [0.25, 0.3) is 0 Å². The van der Waals surface area contributed by atoms with Crippen molar-refractivity contribution in [2.45, 2.75) is 19.1 Å². The second-order valence-electron chi connectivity index (χ2n) is 3.80. The lowest BCUT2D eigenvalue weighted by molar-refractivity contribution is 0.0202. The standard InChI is InChI=1S/C11H17ClN2O2/c1-6-3-7(4-8(12)10(6)13)11(16)9(15)5-14-2/h3-4,9,11,14-16H,5,13H2,1-2H3. The van der Waals surface area contributed by atoms with Gasteiger partial charge in [0.2, 0.25) is 0 Å². The lowest BCUT2D eigenvalue weighted by atomic mass is 10.0. The number of benzene rings is 1. The summed E-state index contributed by atoms with van der Waals surface area (Å²) in [5, 5.41) is 22.7. The average Bonchev–Trinajstić information content (AvgIpc) is 2.24. The van der Waals surface area contributed by atoms with Crippen molar-refractivity contribution in [2.24, 2.45) is 0 Å². The van der Waals surface area contributed by atoms with E-state index in [4.69, 9.17) is 17.3 Å². The summed E-state index contributed by atoms with van der Waals surface area (Å²) >= 11 is 5.91. The van der Waals surface area contributed by atoms with Gasteiger partial charge in [-0.15, -0.1) is 0 Å². The predicted octanol–water partition coefficient (Wildman–Crippen LogP) is 0.844. The van der Waals surface area contributed by atoms with Crippen LogP contribution < -0.4 is 11.1 Å². The highest BCUT2D eigenvalue weighted by Gasteiger charge is 2.19. The van der Waals surface area contributed by atoms with E-state index >= 15 is 0 Å². The van der Waals surface area contributed by atoms with Crippen molar-refractivity contribution in [1.82, 2.24) is 5.32 Å². The first-order valence-corrected chi connectivity index (χ1v) is 5.41. The molecule has 0 aliphatic carbocycles. The number of nitrogens with two attached hydrogens (primary N) is 1. The molecule has 2 unspecified atom stereocenters. The second kappa shape index (κ2) is 5.50. The van der Waals surface area contributed by atoms with Crippen molar-refractivity contribution < 1.29 is 10.2 Å². The van der Waals surface area contributed by atoms with Gasteiger partial charge in [0.25, 0.3) is 0 Å². The van der Waals surface area contributed by atoms with Crippen LogP contribution in [0.2, 0.25) is 5.02 Å². The van der Waals surface area contributed by atoms with E-state index < -0.39 is 12.2 Å². The van der Waals surface area contributed by atoms with E-state index in [0.717, 1.165) is 5.56 Å². The van der Waals surface area contributed by atoms with Gasteiger partial charge in [-0.3, -0.25) is 0 Å². The van der Waals surface area contributed by atoms with Crippen LogP contribution in [0.3, 0.4) is 0 Å². The van der Waals surface area contributed by atoms with Gasteiger partial charge in [-0.05, 0) is 31.2 Å². The van der Waals surface area contributed by atoms with Crippen molar-refractivity contribution in [3.8, 4) is 0 Å². The summed E-state index contributed by atoms with van der Waals surface area (Å²) < 4.78 is 0. The number of anilines is 1. The molecule has 2 atom stereocenters. The summed E-state index contributed by atoms with van der Waals surface area (Å²) in [6, 6.07) is 3.30. The molecular formula is C11H17ClN2O2. The zero-order valence-corrected chi connectivity index (χ0v) is 10.1. The number of nitrogens with one attached hydrogen (secondary N) is 1. The molecule has 1 rings (SSSR count). The molecule has 0 bridgehead atoms. The van der Waals surface area contributed by atoms with E-state index in [9.17, 15) is 10.2 Å². The minimum atomic E-state index is -0.968. The Morgan fingerprint density at radius 1 is 1.44 bits per heavy atom. The molecule has 0 amide bonds. The van der Waals surface area contributed by atoms with Crippen molar-refractivity contribution in [3.63, 3.8) is 0 Å².